The molecule has 18 fully saturated rings. The third kappa shape index (κ3) is 14.3. The highest BCUT2D eigenvalue weighted by Gasteiger charge is 2.74. The molecule has 10 heterocycles. The maximum Gasteiger partial charge on any atom is 0.316 e. The molecule has 0 N–H and O–H groups in total. The molecule has 8 saturated carbocycles. The molecule has 33 unspecified atom stereocenters. The fourth-order valence-electron chi connectivity index (χ4n) is 20.9. The average Bonchev–Trinajstić information content (AvgIpc) is 1.54. The lowest BCUT2D eigenvalue weighted by molar-refractivity contribution is -0.173. The van der Waals surface area contributed by atoms with Gasteiger partial charge in [0.25, 0.3) is 0 Å². The van der Waals surface area contributed by atoms with Gasteiger partial charge in [0.15, 0.2) is 24.4 Å². The zero-order chi connectivity index (χ0) is 81.4. The molecule has 28 heteroatoms. The summed E-state index contributed by atoms with van der Waals surface area (Å²) in [5, 5.41) is 0. The number of hydrogen-bond donors (Lipinski definition) is 0. The summed E-state index contributed by atoms with van der Waals surface area (Å²) in [7, 11) is 1.31. The lowest BCUT2D eigenvalue weighted by Crippen LogP contribution is -2.45. The smallest absolute Gasteiger partial charge is 0.316 e. The van der Waals surface area contributed by atoms with Crippen LogP contribution in [-0.4, -0.2) is 183 Å². The van der Waals surface area contributed by atoms with Gasteiger partial charge in [-0.3, -0.25) is 62.3 Å². The zero-order valence-electron chi connectivity index (χ0n) is 68.2. The Morgan fingerprint density at radius 2 is 0.902 bits per heavy atom. The Bertz CT molecular complexity index is 3720. The van der Waals surface area contributed by atoms with Crippen molar-refractivity contribution in [3.63, 3.8) is 0 Å². The predicted molar refractivity (Wildman–Crippen MR) is 386 cm³/mol. The number of fused-ring (bicyclic) bond motifs is 10. The summed E-state index contributed by atoms with van der Waals surface area (Å²) in [4.78, 5) is 155. The molecular weight excluding hydrogens is 1460 g/mol. The molecule has 0 radical (unpaired) electrons. The summed E-state index contributed by atoms with van der Waals surface area (Å²) in [6.07, 6.45) is 8.26. The molecule has 0 spiro atoms. The molecular formula is C84H118O28. The number of rotatable bonds is 19. The highest BCUT2D eigenvalue weighted by Crippen LogP contribution is 2.64. The molecule has 0 aromatic heterocycles. The van der Waals surface area contributed by atoms with Crippen LogP contribution >= 0.6 is 0 Å². The monoisotopic (exact) mass is 1570 g/mol. The largest absolute Gasteiger partial charge is 0.469 e. The summed E-state index contributed by atoms with van der Waals surface area (Å²) >= 11 is 0. The van der Waals surface area contributed by atoms with Crippen LogP contribution < -0.4 is 0 Å². The van der Waals surface area contributed by atoms with Gasteiger partial charge in [-0.25, -0.2) is 0 Å². The van der Waals surface area contributed by atoms with E-state index in [4.69, 9.17) is 71.1 Å². The SMILES string of the molecule is CCC(C)(C)C(=O)OC1C2CC3C(=O)OC1C3O2.CCC(C)(C)C(=O)OC1C2CC3C1OC(=O)C3C2C(=O)OC.CCC(C)(C)C(=O)OC1C2CC3OC(=O)C1(C)C3C2.CCC(C)(C)C(=O)OC1CC2CC1C1COC(=O)C21.CCC(C)C(=O)OC1C2CC3C(=O)OC1C3O2.CCC(C)C(=O)OC1C2CC3OC(=O)C1C3C2. The number of cyclic esters (lactones) is 1. The van der Waals surface area contributed by atoms with Gasteiger partial charge in [-0.15, -0.1) is 0 Å². The number of hydrogen-bond acceptors (Lipinski definition) is 28. The van der Waals surface area contributed by atoms with Crippen molar-refractivity contribution in [3.05, 3.63) is 0 Å². The van der Waals surface area contributed by atoms with Gasteiger partial charge in [0.2, 0.25) is 0 Å². The molecule has 112 heavy (non-hydrogen) atoms. The molecule has 28 nitrogen and oxygen atoms in total. The lowest BCUT2D eigenvalue weighted by Gasteiger charge is -2.34. The van der Waals surface area contributed by atoms with E-state index in [1.54, 1.807) is 0 Å². The van der Waals surface area contributed by atoms with Crippen LogP contribution in [0.4, 0.5) is 0 Å². The minimum atomic E-state index is -0.604. The molecule has 33 atom stereocenters. The van der Waals surface area contributed by atoms with Crippen molar-refractivity contribution in [1.82, 2.24) is 0 Å². The summed E-state index contributed by atoms with van der Waals surface area (Å²) in [5.41, 5.74) is -2.61. The number of methoxy groups -OCH3 is 1. The molecule has 0 aromatic carbocycles. The van der Waals surface area contributed by atoms with Crippen LogP contribution in [0.3, 0.4) is 0 Å². The molecule has 10 saturated heterocycles. The van der Waals surface area contributed by atoms with Crippen molar-refractivity contribution in [1.29, 1.82) is 0 Å². The second kappa shape index (κ2) is 30.9. The van der Waals surface area contributed by atoms with Gasteiger partial charge < -0.3 is 71.1 Å². The third-order valence-corrected chi connectivity index (χ3v) is 30.1. The number of carbonyl (C=O) groups excluding carboxylic acids is 13. The maximum atomic E-state index is 12.4. The predicted octanol–water partition coefficient (Wildman–Crippen LogP) is 9.01. The normalized spacial score (nSPS) is 41.7. The fraction of sp³-hybridized carbons (Fsp3) is 0.845. The van der Waals surface area contributed by atoms with Crippen molar-refractivity contribution in [3.8, 4) is 0 Å². The van der Waals surface area contributed by atoms with Gasteiger partial charge in [-0.1, -0.05) is 55.4 Å². The Hall–Kier alpha value is -6.97. The Balaban J connectivity index is 0.000000118. The number of ether oxygens (including phenoxy) is 15. The van der Waals surface area contributed by atoms with E-state index in [0.717, 1.165) is 64.2 Å². The van der Waals surface area contributed by atoms with Crippen LogP contribution in [-0.2, 0) is 133 Å². The van der Waals surface area contributed by atoms with Crippen LogP contribution in [0, 0.1) is 128 Å². The minimum absolute atomic E-state index is 0.000856. The lowest BCUT2D eigenvalue weighted by atomic mass is 9.73. The molecule has 18 aliphatic rings. The van der Waals surface area contributed by atoms with Gasteiger partial charge in [-0.2, -0.15) is 0 Å². The van der Waals surface area contributed by atoms with Gasteiger partial charge >= 0.3 is 77.6 Å². The van der Waals surface area contributed by atoms with Crippen LogP contribution in [0.15, 0.2) is 0 Å². The van der Waals surface area contributed by atoms with Crippen molar-refractivity contribution in [2.45, 2.75) is 306 Å². The molecule has 0 aromatic rings. The van der Waals surface area contributed by atoms with E-state index in [0.29, 0.717) is 68.3 Å². The summed E-state index contributed by atoms with van der Waals surface area (Å²) in [6, 6.07) is 0. The van der Waals surface area contributed by atoms with E-state index < -0.39 is 75.4 Å². The molecule has 0 amide bonds. The van der Waals surface area contributed by atoms with Crippen molar-refractivity contribution < 1.29 is 133 Å². The molecule has 622 valence electrons. The Morgan fingerprint density at radius 3 is 1.44 bits per heavy atom. The van der Waals surface area contributed by atoms with Crippen molar-refractivity contribution in [2.75, 3.05) is 13.7 Å². The summed E-state index contributed by atoms with van der Waals surface area (Å²) < 4.78 is 81.6. The molecule has 12 bridgehead atoms. The highest BCUT2D eigenvalue weighted by molar-refractivity contribution is 5.87. The van der Waals surface area contributed by atoms with Gasteiger partial charge in [0.1, 0.15) is 66.3 Å². The molecule has 18 rings (SSSR count). The summed E-state index contributed by atoms with van der Waals surface area (Å²) in [5.74, 6) is -2.39. The first-order chi connectivity index (χ1) is 52.7. The molecule has 8 aliphatic carbocycles. The van der Waals surface area contributed by atoms with E-state index in [1.807, 2.05) is 118 Å². The van der Waals surface area contributed by atoms with Crippen LogP contribution in [0.5, 0.6) is 0 Å². The van der Waals surface area contributed by atoms with Crippen LogP contribution in [0.2, 0.25) is 0 Å². The Kier molecular flexibility index (Phi) is 22.9. The minimum Gasteiger partial charge on any atom is -0.469 e. The first-order valence-corrected chi connectivity index (χ1v) is 41.6. The van der Waals surface area contributed by atoms with E-state index in [2.05, 4.69) is 0 Å². The Labute approximate surface area is 655 Å². The van der Waals surface area contributed by atoms with Crippen molar-refractivity contribution in [2.24, 2.45) is 128 Å². The quantitative estimate of drug-likeness (QED) is 0.0859. The Morgan fingerprint density at radius 1 is 0.420 bits per heavy atom. The van der Waals surface area contributed by atoms with Gasteiger partial charge in [-0.05, 0) is 165 Å². The second-order valence-corrected chi connectivity index (χ2v) is 37.9. The second-order valence-electron chi connectivity index (χ2n) is 37.9. The zero-order valence-corrected chi connectivity index (χ0v) is 68.2. The van der Waals surface area contributed by atoms with Crippen LogP contribution in [0.25, 0.3) is 0 Å². The first-order valence-electron chi connectivity index (χ1n) is 41.6. The third-order valence-electron chi connectivity index (χ3n) is 30.1. The van der Waals surface area contributed by atoms with Crippen LogP contribution in [0.1, 0.15) is 214 Å². The number of esters is 13. The summed E-state index contributed by atoms with van der Waals surface area (Å²) in [6.45, 7) is 32.9. The van der Waals surface area contributed by atoms with Crippen molar-refractivity contribution >= 4 is 77.6 Å². The topological polar surface area (TPSA) is 360 Å². The van der Waals surface area contributed by atoms with E-state index in [-0.39, 0.29) is 192 Å². The highest BCUT2D eigenvalue weighted by atomic mass is 16.7. The number of carbonyl (C=O) groups is 13. The van der Waals surface area contributed by atoms with Gasteiger partial charge in [0, 0.05) is 47.3 Å². The fourth-order valence-corrected chi connectivity index (χ4v) is 20.9. The molecule has 10 aliphatic heterocycles. The average molecular weight is 1580 g/mol. The van der Waals surface area contributed by atoms with Gasteiger partial charge in [0.05, 0.1) is 89.0 Å². The van der Waals surface area contributed by atoms with E-state index in [9.17, 15) is 62.3 Å². The standard InChI is InChI=1S/C16H22O6.2C15H22O4.C13H18O5.C13H18O4.C12H16O5/c1-5-16(2,3)15(19)22-12-7-6-8-10(9(7)13(17)20-4)14(18)21-11(8)12;1-5-14(2,3)12(16)19-11-8-6-9-10(7-8)18-13(17)15(9,11)4;1-4-15(2,3)14(17)19-11-6-8-5-9(11)10-7-18-13(16)12(8)10;1-4-13(2,3)12(15)18-9-7-5-6-8(16-7)10(9)17-11(6)14;1-3-6(2)12(14)17-11-7-4-8-9(5-7)16-13(15)10(8)11;1-3-5(2)11(13)16-9-7-4-6-8(15-7)10(9)17-12(6)14/h7-12H,5-6H2,1-4H3;8-11H,5-7H2,1-4H3;8-12H,4-7H2,1-3H3;6-10H,4-5H2,1-3H3;6-11H,3-5H2,1-2H3;5-10H,3-4H2,1-2H3. The van der Waals surface area contributed by atoms with E-state index >= 15 is 0 Å². The maximum absolute atomic E-state index is 12.4. The van der Waals surface area contributed by atoms with E-state index in [1.165, 1.54) is 7.11 Å². The first kappa shape index (κ1) is 83.0.